The number of primary sulfonamides is 1. The molecule has 0 aliphatic carbocycles. The van der Waals surface area contributed by atoms with Crippen molar-refractivity contribution in [2.75, 3.05) is 17.2 Å². The van der Waals surface area contributed by atoms with Gasteiger partial charge in [-0.1, -0.05) is 0 Å². The van der Waals surface area contributed by atoms with E-state index in [4.69, 9.17) is 5.14 Å². The summed E-state index contributed by atoms with van der Waals surface area (Å²) in [6, 6.07) is 0. The number of carbonyl (C=O) groups excluding carboxylic acids is 1. The van der Waals surface area contributed by atoms with Crippen LogP contribution in [0, 0.1) is 5.92 Å². The van der Waals surface area contributed by atoms with Crippen LogP contribution in [0.2, 0.25) is 0 Å². The van der Waals surface area contributed by atoms with Crippen LogP contribution < -0.4 is 10.0 Å². The molecule has 0 bridgehead atoms. The molecule has 1 saturated heterocycles. The van der Waals surface area contributed by atoms with Crippen molar-refractivity contribution in [1.29, 1.82) is 0 Å². The molecule has 1 aliphatic heterocycles. The predicted molar refractivity (Wildman–Crippen MR) is 75.9 cm³/mol. The minimum absolute atomic E-state index is 0.139. The molecular formula is C9H10Br2N4O3S. The number of rotatable bonds is 3. The third-order valence-electron chi connectivity index (χ3n) is 2.61. The van der Waals surface area contributed by atoms with E-state index in [1.807, 2.05) is 0 Å². The van der Waals surface area contributed by atoms with E-state index in [0.29, 0.717) is 15.0 Å². The number of nitrogens with two attached hydrogens (primary N) is 1. The summed E-state index contributed by atoms with van der Waals surface area (Å²) in [6.07, 6.45) is 1.61. The molecule has 0 spiro atoms. The first-order valence-corrected chi connectivity index (χ1v) is 8.55. The summed E-state index contributed by atoms with van der Waals surface area (Å²) in [5.74, 6) is -0.340. The molecule has 1 atom stereocenters. The van der Waals surface area contributed by atoms with Crippen LogP contribution in [0.5, 0.6) is 0 Å². The lowest BCUT2D eigenvalue weighted by Crippen LogP contribution is -2.28. The van der Waals surface area contributed by atoms with Crippen molar-refractivity contribution in [3.05, 3.63) is 15.4 Å². The molecule has 0 radical (unpaired) electrons. The number of nitrogens with zero attached hydrogens (tertiary/aromatic N) is 3. The molecular weight excluding hydrogens is 404 g/mol. The second kappa shape index (κ2) is 5.43. The Hall–Kier alpha value is -0.580. The van der Waals surface area contributed by atoms with Crippen LogP contribution >= 0.6 is 31.9 Å². The Morgan fingerprint density at radius 2 is 2.16 bits per heavy atom. The maximum atomic E-state index is 11.9. The van der Waals surface area contributed by atoms with Crippen molar-refractivity contribution >= 4 is 53.6 Å². The van der Waals surface area contributed by atoms with E-state index < -0.39 is 10.0 Å². The number of hydrogen-bond acceptors (Lipinski definition) is 5. The number of amides is 1. The Balaban J connectivity index is 2.20. The average Bonchev–Trinajstić information content (AvgIpc) is 2.56. The van der Waals surface area contributed by atoms with Gasteiger partial charge in [-0.05, 0) is 31.9 Å². The topological polar surface area (TPSA) is 106 Å². The Labute approximate surface area is 126 Å². The Morgan fingerprint density at radius 3 is 2.74 bits per heavy atom. The fourth-order valence-electron chi connectivity index (χ4n) is 1.95. The van der Waals surface area contributed by atoms with Gasteiger partial charge in [-0.15, -0.1) is 0 Å². The van der Waals surface area contributed by atoms with Crippen LogP contribution in [0.15, 0.2) is 15.4 Å². The van der Waals surface area contributed by atoms with Gasteiger partial charge in [0, 0.05) is 18.9 Å². The quantitative estimate of drug-likeness (QED) is 0.782. The minimum Gasteiger partial charge on any atom is -0.294 e. The predicted octanol–water partition coefficient (Wildman–Crippen LogP) is 0.643. The number of sulfonamides is 1. The van der Waals surface area contributed by atoms with E-state index in [2.05, 4.69) is 41.8 Å². The Kier molecular flexibility index (Phi) is 4.23. The molecule has 104 valence electrons. The van der Waals surface area contributed by atoms with E-state index >= 15 is 0 Å². The second-order valence-corrected chi connectivity index (χ2v) is 7.43. The summed E-state index contributed by atoms with van der Waals surface area (Å²) >= 11 is 6.39. The summed E-state index contributed by atoms with van der Waals surface area (Å²) < 4.78 is 23.1. The molecule has 10 heteroatoms. The fraction of sp³-hybridized carbons (Fsp3) is 0.444. The maximum absolute atomic E-state index is 11.9. The standard InChI is InChI=1S/C9H10Br2N4O3S/c10-6-2-13-9(8(11)14-6)15-3-5(1-7(15)16)4-19(12,17)18/h2,5H,1,3-4H2,(H2,12,17,18). The number of aromatic nitrogens is 2. The molecule has 19 heavy (non-hydrogen) atoms. The molecule has 7 nitrogen and oxygen atoms in total. The van der Waals surface area contributed by atoms with Crippen LogP contribution in [0.25, 0.3) is 0 Å². The van der Waals surface area contributed by atoms with E-state index in [-0.39, 0.29) is 30.5 Å². The molecule has 1 aromatic rings. The first-order valence-electron chi connectivity index (χ1n) is 5.25. The molecule has 1 aliphatic rings. The van der Waals surface area contributed by atoms with Crippen molar-refractivity contribution in [2.45, 2.75) is 6.42 Å². The zero-order valence-corrected chi connectivity index (χ0v) is 13.6. The van der Waals surface area contributed by atoms with Crippen LogP contribution in [0.3, 0.4) is 0 Å². The van der Waals surface area contributed by atoms with Crippen molar-refractivity contribution in [1.82, 2.24) is 9.97 Å². The van der Waals surface area contributed by atoms with Crippen molar-refractivity contribution in [3.63, 3.8) is 0 Å². The monoisotopic (exact) mass is 412 g/mol. The third kappa shape index (κ3) is 3.71. The van der Waals surface area contributed by atoms with Gasteiger partial charge in [0.1, 0.15) is 9.21 Å². The van der Waals surface area contributed by atoms with E-state index in [0.717, 1.165) is 0 Å². The summed E-state index contributed by atoms with van der Waals surface area (Å²) in [6.45, 7) is 0.268. The normalized spacial score (nSPS) is 20.1. The van der Waals surface area contributed by atoms with Gasteiger partial charge in [0.2, 0.25) is 15.9 Å². The summed E-state index contributed by atoms with van der Waals surface area (Å²) in [5, 5.41) is 4.99. The van der Waals surface area contributed by atoms with Gasteiger partial charge >= 0.3 is 0 Å². The summed E-state index contributed by atoms with van der Waals surface area (Å²) in [7, 11) is -3.59. The van der Waals surface area contributed by atoms with Crippen molar-refractivity contribution in [3.8, 4) is 0 Å². The van der Waals surface area contributed by atoms with Crippen molar-refractivity contribution < 1.29 is 13.2 Å². The van der Waals surface area contributed by atoms with Crippen molar-refractivity contribution in [2.24, 2.45) is 11.1 Å². The Bertz CT molecular complexity index is 622. The highest BCUT2D eigenvalue weighted by molar-refractivity contribution is 9.11. The van der Waals surface area contributed by atoms with Crippen LogP contribution in [0.4, 0.5) is 5.82 Å². The van der Waals surface area contributed by atoms with Crippen LogP contribution in [0.1, 0.15) is 6.42 Å². The molecule has 2 heterocycles. The average molecular weight is 414 g/mol. The fourth-order valence-corrected chi connectivity index (χ4v) is 3.85. The number of carbonyl (C=O) groups is 1. The highest BCUT2D eigenvalue weighted by atomic mass is 79.9. The first kappa shape index (κ1) is 14.8. The molecule has 1 fully saturated rings. The number of anilines is 1. The van der Waals surface area contributed by atoms with E-state index in [1.165, 1.54) is 11.1 Å². The van der Waals surface area contributed by atoms with E-state index in [1.54, 1.807) is 0 Å². The molecule has 0 saturated carbocycles. The highest BCUT2D eigenvalue weighted by Gasteiger charge is 2.34. The van der Waals surface area contributed by atoms with Gasteiger partial charge in [0.05, 0.1) is 11.9 Å². The van der Waals surface area contributed by atoms with Gasteiger partial charge in [-0.2, -0.15) is 0 Å². The lowest BCUT2D eigenvalue weighted by atomic mass is 10.1. The first-order chi connectivity index (χ1) is 8.76. The molecule has 1 unspecified atom stereocenters. The molecule has 0 aromatic carbocycles. The third-order valence-corrected chi connectivity index (χ3v) is 4.46. The molecule has 2 N–H and O–H groups in total. The van der Waals surface area contributed by atoms with Crippen LogP contribution in [-0.2, 0) is 14.8 Å². The smallest absolute Gasteiger partial charge is 0.228 e. The van der Waals surface area contributed by atoms with Gasteiger partial charge < -0.3 is 0 Å². The minimum atomic E-state index is -3.59. The van der Waals surface area contributed by atoms with Gasteiger partial charge in [0.15, 0.2) is 5.82 Å². The summed E-state index contributed by atoms with van der Waals surface area (Å²) in [5.41, 5.74) is 0. The highest BCUT2D eigenvalue weighted by Crippen LogP contribution is 2.29. The molecule has 1 aromatic heterocycles. The number of halogens is 2. The van der Waals surface area contributed by atoms with Gasteiger partial charge in [0.25, 0.3) is 0 Å². The molecule has 2 rings (SSSR count). The lowest BCUT2D eigenvalue weighted by Gasteiger charge is -2.16. The Morgan fingerprint density at radius 1 is 1.47 bits per heavy atom. The number of hydrogen-bond donors (Lipinski definition) is 1. The van der Waals surface area contributed by atoms with Gasteiger partial charge in [-0.3, -0.25) is 9.69 Å². The van der Waals surface area contributed by atoms with Gasteiger partial charge in [-0.25, -0.2) is 23.5 Å². The maximum Gasteiger partial charge on any atom is 0.228 e. The molecule has 1 amide bonds. The second-order valence-electron chi connectivity index (χ2n) is 4.21. The van der Waals surface area contributed by atoms with Crippen LogP contribution in [-0.4, -0.2) is 36.6 Å². The van der Waals surface area contributed by atoms with E-state index in [9.17, 15) is 13.2 Å². The zero-order chi connectivity index (χ0) is 14.2. The summed E-state index contributed by atoms with van der Waals surface area (Å²) in [4.78, 5) is 21.5. The largest absolute Gasteiger partial charge is 0.294 e. The zero-order valence-electron chi connectivity index (χ0n) is 9.58. The lowest BCUT2D eigenvalue weighted by molar-refractivity contribution is -0.117. The SMILES string of the molecule is NS(=O)(=O)CC1CC(=O)N(c2ncc(Br)nc2Br)C1.